The highest BCUT2D eigenvalue weighted by Crippen LogP contribution is 2.25. The van der Waals surface area contributed by atoms with Crippen LogP contribution in [0.2, 0.25) is 0 Å². The highest BCUT2D eigenvalue weighted by atomic mass is 16.5. The standard InChI is InChI=1S/C16H20N2O2/c1-5-16(3,11-17)18-15(19)10-12(2)13-8-6-7-9-14(13)20-4/h6-10H,5H2,1-4H3,(H,18,19)/b12-10-/t16-/m1/s1. The van der Waals surface area contributed by atoms with E-state index in [2.05, 4.69) is 11.4 Å². The van der Waals surface area contributed by atoms with Crippen molar-refractivity contribution in [2.75, 3.05) is 7.11 Å². The molecule has 1 atom stereocenters. The first kappa shape index (κ1) is 15.8. The van der Waals surface area contributed by atoms with Gasteiger partial charge in [0.05, 0.1) is 13.2 Å². The van der Waals surface area contributed by atoms with Crippen LogP contribution < -0.4 is 10.1 Å². The number of amides is 1. The molecule has 0 unspecified atom stereocenters. The van der Waals surface area contributed by atoms with Gasteiger partial charge in [-0.05, 0) is 31.9 Å². The summed E-state index contributed by atoms with van der Waals surface area (Å²) in [5.41, 5.74) is 0.811. The van der Waals surface area contributed by atoms with Gasteiger partial charge in [-0.25, -0.2) is 0 Å². The molecule has 4 heteroatoms. The second-order valence-corrected chi connectivity index (χ2v) is 4.81. The molecular formula is C16H20N2O2. The maximum atomic E-state index is 12.0. The van der Waals surface area contributed by atoms with E-state index in [9.17, 15) is 4.79 Å². The third kappa shape index (κ3) is 3.86. The molecule has 4 nitrogen and oxygen atoms in total. The number of carbonyl (C=O) groups excluding carboxylic acids is 1. The number of carbonyl (C=O) groups is 1. The first-order valence-corrected chi connectivity index (χ1v) is 6.51. The van der Waals surface area contributed by atoms with E-state index in [-0.39, 0.29) is 5.91 Å². The Balaban J connectivity index is 2.94. The number of allylic oxidation sites excluding steroid dienone is 1. The molecule has 1 aromatic carbocycles. The van der Waals surface area contributed by atoms with Crippen LogP contribution in [0.25, 0.3) is 5.57 Å². The largest absolute Gasteiger partial charge is 0.496 e. The van der Waals surface area contributed by atoms with E-state index < -0.39 is 5.54 Å². The minimum absolute atomic E-state index is 0.278. The molecule has 1 N–H and O–H groups in total. The minimum Gasteiger partial charge on any atom is -0.496 e. The molecule has 0 bridgehead atoms. The lowest BCUT2D eigenvalue weighted by atomic mass is 10.0. The minimum atomic E-state index is -0.839. The smallest absolute Gasteiger partial charge is 0.245 e. The van der Waals surface area contributed by atoms with Crippen LogP contribution >= 0.6 is 0 Å². The topological polar surface area (TPSA) is 62.1 Å². The van der Waals surface area contributed by atoms with Crippen LogP contribution in [0, 0.1) is 11.3 Å². The van der Waals surface area contributed by atoms with Crippen LogP contribution in [0.3, 0.4) is 0 Å². The summed E-state index contributed by atoms with van der Waals surface area (Å²) in [4.78, 5) is 12.0. The lowest BCUT2D eigenvalue weighted by molar-refractivity contribution is -0.117. The number of ether oxygens (including phenoxy) is 1. The summed E-state index contributed by atoms with van der Waals surface area (Å²) in [5, 5.41) is 11.8. The van der Waals surface area contributed by atoms with Crippen LogP contribution in [0.4, 0.5) is 0 Å². The first-order chi connectivity index (χ1) is 9.45. The molecule has 0 aromatic heterocycles. The van der Waals surface area contributed by atoms with Crippen LogP contribution in [0.1, 0.15) is 32.8 Å². The van der Waals surface area contributed by atoms with Crippen molar-refractivity contribution in [3.05, 3.63) is 35.9 Å². The summed E-state index contributed by atoms with van der Waals surface area (Å²) in [6.45, 7) is 5.41. The van der Waals surface area contributed by atoms with Crippen LogP contribution in [0.5, 0.6) is 5.75 Å². The fraction of sp³-hybridized carbons (Fsp3) is 0.375. The van der Waals surface area contributed by atoms with Crippen LogP contribution in [-0.2, 0) is 4.79 Å². The number of nitriles is 1. The van der Waals surface area contributed by atoms with Gasteiger partial charge in [-0.2, -0.15) is 5.26 Å². The van der Waals surface area contributed by atoms with Gasteiger partial charge in [0.25, 0.3) is 0 Å². The summed E-state index contributed by atoms with van der Waals surface area (Å²) in [6, 6.07) is 9.60. The second-order valence-electron chi connectivity index (χ2n) is 4.81. The predicted molar refractivity (Wildman–Crippen MR) is 79.1 cm³/mol. The van der Waals surface area contributed by atoms with Gasteiger partial charge in [0.2, 0.25) is 5.91 Å². The van der Waals surface area contributed by atoms with Crippen LogP contribution in [-0.4, -0.2) is 18.6 Å². The average Bonchev–Trinajstić information content (AvgIpc) is 2.46. The molecule has 0 fully saturated rings. The molecule has 1 rings (SSSR count). The van der Waals surface area contributed by atoms with E-state index in [1.54, 1.807) is 14.0 Å². The molecule has 0 aliphatic heterocycles. The number of hydrogen-bond donors (Lipinski definition) is 1. The average molecular weight is 272 g/mol. The Labute approximate surface area is 120 Å². The zero-order valence-electron chi connectivity index (χ0n) is 12.4. The monoisotopic (exact) mass is 272 g/mol. The Bertz CT molecular complexity index is 558. The third-order valence-corrected chi connectivity index (χ3v) is 3.23. The van der Waals surface area contributed by atoms with Crippen molar-refractivity contribution < 1.29 is 9.53 Å². The Kier molecular flexibility index (Phi) is 5.33. The molecule has 0 saturated heterocycles. The number of para-hydroxylation sites is 1. The van der Waals surface area contributed by atoms with Gasteiger partial charge in [0.1, 0.15) is 11.3 Å². The Morgan fingerprint density at radius 2 is 2.15 bits per heavy atom. The Hall–Kier alpha value is -2.28. The van der Waals surface area contributed by atoms with Gasteiger partial charge in [-0.3, -0.25) is 4.79 Å². The number of nitrogens with one attached hydrogen (secondary N) is 1. The lowest BCUT2D eigenvalue weighted by Crippen LogP contribution is -2.43. The van der Waals surface area contributed by atoms with E-state index in [1.165, 1.54) is 6.08 Å². The fourth-order valence-electron chi connectivity index (χ4n) is 1.75. The van der Waals surface area contributed by atoms with Crippen molar-refractivity contribution in [2.45, 2.75) is 32.7 Å². The zero-order chi connectivity index (χ0) is 15.2. The number of nitrogens with zero attached hydrogens (tertiary/aromatic N) is 1. The molecule has 1 amide bonds. The maximum absolute atomic E-state index is 12.0. The van der Waals surface area contributed by atoms with Crippen molar-refractivity contribution in [1.29, 1.82) is 5.26 Å². The number of rotatable bonds is 5. The van der Waals surface area contributed by atoms with E-state index in [1.807, 2.05) is 38.1 Å². The Morgan fingerprint density at radius 3 is 2.70 bits per heavy atom. The summed E-state index contributed by atoms with van der Waals surface area (Å²) in [6.07, 6.45) is 2.04. The molecule has 0 saturated carbocycles. The summed E-state index contributed by atoms with van der Waals surface area (Å²) < 4.78 is 5.27. The first-order valence-electron chi connectivity index (χ1n) is 6.51. The molecule has 0 aliphatic rings. The molecule has 0 heterocycles. The molecule has 1 aromatic rings. The highest BCUT2D eigenvalue weighted by molar-refractivity contribution is 5.96. The van der Waals surface area contributed by atoms with Crippen molar-refractivity contribution >= 4 is 11.5 Å². The predicted octanol–water partition coefficient (Wildman–Crippen LogP) is 2.91. The normalized spacial score (nSPS) is 14.1. The zero-order valence-corrected chi connectivity index (χ0v) is 12.4. The molecule has 106 valence electrons. The lowest BCUT2D eigenvalue weighted by Gasteiger charge is -2.20. The summed E-state index contributed by atoms with van der Waals surface area (Å²) >= 11 is 0. The summed E-state index contributed by atoms with van der Waals surface area (Å²) in [5.74, 6) is 0.437. The molecule has 0 spiro atoms. The SMILES string of the molecule is CC[C@](C)(C#N)NC(=O)/C=C(/C)c1ccccc1OC. The number of hydrogen-bond acceptors (Lipinski definition) is 3. The maximum Gasteiger partial charge on any atom is 0.245 e. The third-order valence-electron chi connectivity index (χ3n) is 3.23. The van der Waals surface area contributed by atoms with Gasteiger partial charge in [0.15, 0.2) is 0 Å². The molecule has 0 aliphatic carbocycles. The van der Waals surface area contributed by atoms with E-state index in [0.717, 1.165) is 11.1 Å². The van der Waals surface area contributed by atoms with Crippen molar-refractivity contribution in [1.82, 2.24) is 5.32 Å². The number of methoxy groups -OCH3 is 1. The van der Waals surface area contributed by atoms with E-state index >= 15 is 0 Å². The van der Waals surface area contributed by atoms with Crippen molar-refractivity contribution in [2.24, 2.45) is 0 Å². The molecule has 20 heavy (non-hydrogen) atoms. The number of benzene rings is 1. The van der Waals surface area contributed by atoms with Gasteiger partial charge in [-0.1, -0.05) is 25.1 Å². The van der Waals surface area contributed by atoms with Gasteiger partial charge >= 0.3 is 0 Å². The second kappa shape index (κ2) is 6.76. The molecular weight excluding hydrogens is 252 g/mol. The summed E-state index contributed by atoms with van der Waals surface area (Å²) in [7, 11) is 1.59. The Morgan fingerprint density at radius 1 is 1.50 bits per heavy atom. The highest BCUT2D eigenvalue weighted by Gasteiger charge is 2.22. The van der Waals surface area contributed by atoms with E-state index in [4.69, 9.17) is 10.00 Å². The van der Waals surface area contributed by atoms with Gasteiger partial charge < -0.3 is 10.1 Å². The van der Waals surface area contributed by atoms with Crippen molar-refractivity contribution in [3.63, 3.8) is 0 Å². The quantitative estimate of drug-likeness (QED) is 0.838. The van der Waals surface area contributed by atoms with Crippen LogP contribution in [0.15, 0.2) is 30.3 Å². The van der Waals surface area contributed by atoms with Gasteiger partial charge in [0, 0.05) is 11.6 Å². The van der Waals surface area contributed by atoms with E-state index in [0.29, 0.717) is 12.2 Å². The van der Waals surface area contributed by atoms with Gasteiger partial charge in [-0.15, -0.1) is 0 Å². The molecule has 0 radical (unpaired) electrons. The fourth-order valence-corrected chi connectivity index (χ4v) is 1.75. The van der Waals surface area contributed by atoms with Crippen molar-refractivity contribution in [3.8, 4) is 11.8 Å².